The number of nitrogens with two attached hydrogens (primary N) is 1. The Morgan fingerprint density at radius 2 is 1.64 bits per heavy atom. The summed E-state index contributed by atoms with van der Waals surface area (Å²) in [4.78, 5) is 37.9. The molecular formula is C22H24N2O4. The lowest BCUT2D eigenvalue weighted by Gasteiger charge is -2.23. The van der Waals surface area contributed by atoms with Gasteiger partial charge < -0.3 is 15.8 Å². The fourth-order valence-electron chi connectivity index (χ4n) is 3.06. The van der Waals surface area contributed by atoms with Crippen molar-refractivity contribution in [3.63, 3.8) is 0 Å². The number of carbonyl (C=O) groups excluding carboxylic acids is 3. The lowest BCUT2D eigenvalue weighted by Crippen LogP contribution is -2.28. The molecule has 0 atom stereocenters. The van der Waals surface area contributed by atoms with Crippen LogP contribution in [0.4, 0.5) is 11.4 Å². The third-order valence-electron chi connectivity index (χ3n) is 5.20. The molecule has 0 aliphatic heterocycles. The van der Waals surface area contributed by atoms with Crippen LogP contribution in [-0.4, -0.2) is 30.7 Å². The van der Waals surface area contributed by atoms with E-state index in [-0.39, 0.29) is 41.0 Å². The summed E-state index contributed by atoms with van der Waals surface area (Å²) in [6.45, 7) is 6.06. The smallest absolute Gasteiger partial charge is 0.311 e. The predicted octanol–water partition coefficient (Wildman–Crippen LogP) is 3.44. The summed E-state index contributed by atoms with van der Waals surface area (Å²) < 4.78 is 5.31. The van der Waals surface area contributed by atoms with E-state index in [0.29, 0.717) is 29.8 Å². The van der Waals surface area contributed by atoms with Crippen molar-refractivity contribution in [2.24, 2.45) is 5.41 Å². The average Bonchev–Trinajstić information content (AvgIpc) is 2.69. The van der Waals surface area contributed by atoms with Gasteiger partial charge in [0.15, 0.2) is 11.6 Å². The Morgan fingerprint density at radius 3 is 2.25 bits per heavy atom. The number of nitrogens with one attached hydrogen (secondary N) is 1. The van der Waals surface area contributed by atoms with E-state index in [2.05, 4.69) is 5.32 Å². The number of anilines is 2. The summed E-state index contributed by atoms with van der Waals surface area (Å²) in [7, 11) is 0. The van der Waals surface area contributed by atoms with Crippen molar-refractivity contribution in [1.29, 1.82) is 0 Å². The molecular weight excluding hydrogens is 356 g/mol. The maximum Gasteiger partial charge on any atom is 0.311 e. The number of rotatable bonds is 6. The van der Waals surface area contributed by atoms with Crippen LogP contribution in [0.3, 0.4) is 0 Å². The van der Waals surface area contributed by atoms with Gasteiger partial charge in [0.05, 0.1) is 16.5 Å². The molecule has 1 aliphatic rings. The molecule has 0 amide bonds. The summed E-state index contributed by atoms with van der Waals surface area (Å²) >= 11 is 0. The van der Waals surface area contributed by atoms with Gasteiger partial charge in [-0.3, -0.25) is 14.4 Å². The van der Waals surface area contributed by atoms with Gasteiger partial charge in [0.25, 0.3) is 0 Å². The summed E-state index contributed by atoms with van der Waals surface area (Å²) in [6, 6.07) is 9.99. The highest BCUT2D eigenvalue weighted by molar-refractivity contribution is 6.31. The van der Waals surface area contributed by atoms with Gasteiger partial charge >= 0.3 is 5.97 Å². The van der Waals surface area contributed by atoms with Gasteiger partial charge in [-0.25, -0.2) is 0 Å². The maximum atomic E-state index is 13.0. The van der Waals surface area contributed by atoms with Gasteiger partial charge in [0.1, 0.15) is 6.61 Å². The summed E-state index contributed by atoms with van der Waals surface area (Å²) in [5.41, 5.74) is 7.46. The largest absolute Gasteiger partial charge is 0.463 e. The Morgan fingerprint density at radius 1 is 1.04 bits per heavy atom. The number of hydrogen-bond acceptors (Lipinski definition) is 6. The number of carbonyl (C=O) groups is 3. The van der Waals surface area contributed by atoms with E-state index in [1.807, 2.05) is 20.8 Å². The van der Waals surface area contributed by atoms with Crippen LogP contribution in [0, 0.1) is 5.41 Å². The zero-order valence-electron chi connectivity index (χ0n) is 16.3. The summed E-state index contributed by atoms with van der Waals surface area (Å²) in [6.07, 6.45) is 0.681. The third kappa shape index (κ3) is 3.38. The Kier molecular flexibility index (Phi) is 5.23. The maximum absolute atomic E-state index is 13.0. The van der Waals surface area contributed by atoms with Crippen LogP contribution >= 0.6 is 0 Å². The molecule has 0 saturated heterocycles. The standard InChI is InChI=1S/C22H24N2O4/c1-4-22(2,3)21(27)28-12-11-24-16-10-9-15(23)17-18(16)20(26)14-8-6-5-7-13(14)19(17)25/h5-10,24H,4,11-12,23H2,1-3H3. The highest BCUT2D eigenvalue weighted by Crippen LogP contribution is 2.35. The van der Waals surface area contributed by atoms with E-state index < -0.39 is 5.41 Å². The van der Waals surface area contributed by atoms with Gasteiger partial charge in [-0.1, -0.05) is 31.2 Å². The zero-order valence-corrected chi connectivity index (χ0v) is 16.3. The van der Waals surface area contributed by atoms with Crippen LogP contribution in [0.15, 0.2) is 36.4 Å². The SMILES string of the molecule is CCC(C)(C)C(=O)OCCNc1ccc(N)c2c1C(=O)c1ccccc1C2=O. The van der Waals surface area contributed by atoms with E-state index in [1.165, 1.54) is 0 Å². The molecule has 3 rings (SSSR count). The minimum atomic E-state index is -0.535. The fourth-order valence-corrected chi connectivity index (χ4v) is 3.06. The van der Waals surface area contributed by atoms with Gasteiger partial charge in [-0.05, 0) is 32.4 Å². The molecule has 2 aromatic rings. The minimum absolute atomic E-state index is 0.153. The number of ketones is 2. The van der Waals surface area contributed by atoms with Crippen LogP contribution in [0.25, 0.3) is 0 Å². The second-order valence-electron chi connectivity index (χ2n) is 7.46. The van der Waals surface area contributed by atoms with Crippen molar-refractivity contribution in [3.8, 4) is 0 Å². The number of fused-ring (bicyclic) bond motifs is 2. The second kappa shape index (κ2) is 7.46. The zero-order chi connectivity index (χ0) is 20.5. The van der Waals surface area contributed by atoms with E-state index in [0.717, 1.165) is 0 Å². The lowest BCUT2D eigenvalue weighted by atomic mass is 9.82. The molecule has 0 heterocycles. The van der Waals surface area contributed by atoms with Crippen molar-refractivity contribution in [3.05, 3.63) is 58.7 Å². The molecule has 0 unspecified atom stereocenters. The molecule has 2 aromatic carbocycles. The van der Waals surface area contributed by atoms with Gasteiger partial charge in [0, 0.05) is 29.0 Å². The Labute approximate surface area is 164 Å². The first-order chi connectivity index (χ1) is 13.3. The van der Waals surface area contributed by atoms with Gasteiger partial charge in [0.2, 0.25) is 0 Å². The first kappa shape index (κ1) is 19.6. The molecule has 0 fully saturated rings. The second-order valence-corrected chi connectivity index (χ2v) is 7.46. The number of esters is 1. The fraction of sp³-hybridized carbons (Fsp3) is 0.318. The van der Waals surface area contributed by atoms with Crippen LogP contribution in [0.5, 0.6) is 0 Å². The molecule has 3 N–H and O–H groups in total. The minimum Gasteiger partial charge on any atom is -0.463 e. The molecule has 28 heavy (non-hydrogen) atoms. The predicted molar refractivity (Wildman–Crippen MR) is 108 cm³/mol. The summed E-state index contributed by atoms with van der Waals surface area (Å²) in [5.74, 6) is -0.775. The molecule has 6 heteroatoms. The van der Waals surface area contributed by atoms with Crippen molar-refractivity contribution in [2.75, 3.05) is 24.2 Å². The monoisotopic (exact) mass is 380 g/mol. The Balaban J connectivity index is 1.81. The Bertz CT molecular complexity index is 963. The van der Waals surface area contributed by atoms with Crippen LogP contribution in [0.1, 0.15) is 59.0 Å². The summed E-state index contributed by atoms with van der Waals surface area (Å²) in [5, 5.41) is 3.10. The van der Waals surface area contributed by atoms with E-state index >= 15 is 0 Å². The molecule has 0 bridgehead atoms. The van der Waals surface area contributed by atoms with E-state index in [9.17, 15) is 14.4 Å². The van der Waals surface area contributed by atoms with E-state index in [4.69, 9.17) is 10.5 Å². The average molecular weight is 380 g/mol. The highest BCUT2D eigenvalue weighted by atomic mass is 16.5. The highest BCUT2D eigenvalue weighted by Gasteiger charge is 2.33. The first-order valence-electron chi connectivity index (χ1n) is 9.30. The number of nitrogen functional groups attached to an aromatic ring is 1. The molecule has 0 spiro atoms. The van der Waals surface area contributed by atoms with Crippen molar-refractivity contribution in [1.82, 2.24) is 0 Å². The Hall–Kier alpha value is -3.15. The molecule has 0 aromatic heterocycles. The topological polar surface area (TPSA) is 98.5 Å². The number of ether oxygens (including phenoxy) is 1. The third-order valence-corrected chi connectivity index (χ3v) is 5.20. The number of hydrogen-bond donors (Lipinski definition) is 2. The van der Waals surface area contributed by atoms with Crippen molar-refractivity contribution in [2.45, 2.75) is 27.2 Å². The van der Waals surface area contributed by atoms with Crippen molar-refractivity contribution < 1.29 is 19.1 Å². The quantitative estimate of drug-likeness (QED) is 0.386. The van der Waals surface area contributed by atoms with Gasteiger partial charge in [-0.2, -0.15) is 0 Å². The molecule has 1 aliphatic carbocycles. The number of benzene rings is 2. The molecule has 0 saturated carbocycles. The van der Waals surface area contributed by atoms with E-state index in [1.54, 1.807) is 36.4 Å². The molecule has 6 nitrogen and oxygen atoms in total. The van der Waals surface area contributed by atoms with Crippen molar-refractivity contribution >= 4 is 28.9 Å². The normalized spacial score (nSPS) is 13.0. The van der Waals surface area contributed by atoms with Crippen LogP contribution in [0.2, 0.25) is 0 Å². The van der Waals surface area contributed by atoms with Crippen LogP contribution in [-0.2, 0) is 9.53 Å². The van der Waals surface area contributed by atoms with Gasteiger partial charge in [-0.15, -0.1) is 0 Å². The van der Waals surface area contributed by atoms with Crippen LogP contribution < -0.4 is 11.1 Å². The lowest BCUT2D eigenvalue weighted by molar-refractivity contribution is -0.153. The molecule has 146 valence electrons. The molecule has 0 radical (unpaired) electrons. The first-order valence-corrected chi connectivity index (χ1v) is 9.30.